The highest BCUT2D eigenvalue weighted by atomic mass is 15.2. The lowest BCUT2D eigenvalue weighted by Crippen LogP contribution is -2.40. The van der Waals surface area contributed by atoms with Crippen molar-refractivity contribution in [2.75, 3.05) is 13.2 Å². The fourth-order valence-corrected chi connectivity index (χ4v) is 2.55. The van der Waals surface area contributed by atoms with Gasteiger partial charge in [-0.2, -0.15) is 0 Å². The van der Waals surface area contributed by atoms with Crippen LogP contribution in [0.25, 0.3) is 0 Å². The van der Waals surface area contributed by atoms with Crippen LogP contribution in [0.5, 0.6) is 0 Å². The standard InChI is InChI=1S/C15H16N2/c1-3-7-13(8-4-1)15(11-16-12-17-15)14-9-5-2-6-10-14/h1-10,16-17H,11-12H2. The molecule has 0 aromatic heterocycles. The third-order valence-corrected chi connectivity index (χ3v) is 3.44. The van der Waals surface area contributed by atoms with Gasteiger partial charge in [-0.25, -0.2) is 0 Å². The average Bonchev–Trinajstić information content (AvgIpc) is 2.91. The summed E-state index contributed by atoms with van der Waals surface area (Å²) < 4.78 is 0. The van der Waals surface area contributed by atoms with E-state index < -0.39 is 0 Å². The third kappa shape index (κ3) is 1.75. The molecule has 17 heavy (non-hydrogen) atoms. The van der Waals surface area contributed by atoms with Crippen LogP contribution in [0.15, 0.2) is 60.7 Å². The number of rotatable bonds is 2. The monoisotopic (exact) mass is 224 g/mol. The Labute approximate surface area is 102 Å². The fourth-order valence-electron chi connectivity index (χ4n) is 2.55. The SMILES string of the molecule is c1ccc(C2(c3ccccc3)CNCN2)cc1. The summed E-state index contributed by atoms with van der Waals surface area (Å²) >= 11 is 0. The van der Waals surface area contributed by atoms with Gasteiger partial charge in [-0.1, -0.05) is 60.7 Å². The summed E-state index contributed by atoms with van der Waals surface area (Å²) in [4.78, 5) is 0. The zero-order valence-electron chi connectivity index (χ0n) is 9.69. The highest BCUT2D eigenvalue weighted by Crippen LogP contribution is 2.30. The molecule has 0 amide bonds. The highest BCUT2D eigenvalue weighted by molar-refractivity contribution is 5.39. The largest absolute Gasteiger partial charge is 0.302 e. The first-order valence-electron chi connectivity index (χ1n) is 5.99. The van der Waals surface area contributed by atoms with E-state index >= 15 is 0 Å². The molecule has 2 heteroatoms. The Morgan fingerprint density at radius 1 is 0.765 bits per heavy atom. The van der Waals surface area contributed by atoms with E-state index in [2.05, 4.69) is 71.3 Å². The van der Waals surface area contributed by atoms with Gasteiger partial charge >= 0.3 is 0 Å². The summed E-state index contributed by atoms with van der Waals surface area (Å²) in [6.45, 7) is 1.78. The highest BCUT2D eigenvalue weighted by Gasteiger charge is 2.36. The zero-order valence-corrected chi connectivity index (χ0v) is 9.69. The van der Waals surface area contributed by atoms with Gasteiger partial charge in [0.05, 0.1) is 5.54 Å². The smallest absolute Gasteiger partial charge is 0.0827 e. The van der Waals surface area contributed by atoms with E-state index in [-0.39, 0.29) is 5.54 Å². The predicted molar refractivity (Wildman–Crippen MR) is 69.7 cm³/mol. The van der Waals surface area contributed by atoms with E-state index in [4.69, 9.17) is 0 Å². The van der Waals surface area contributed by atoms with Crippen molar-refractivity contribution in [2.24, 2.45) is 0 Å². The minimum atomic E-state index is -0.0808. The van der Waals surface area contributed by atoms with Crippen LogP contribution < -0.4 is 10.6 Å². The summed E-state index contributed by atoms with van der Waals surface area (Å²) in [6, 6.07) is 21.3. The van der Waals surface area contributed by atoms with Gasteiger partial charge in [0, 0.05) is 13.2 Å². The molecule has 1 fully saturated rings. The summed E-state index contributed by atoms with van der Waals surface area (Å²) in [7, 11) is 0. The number of hydrogen-bond acceptors (Lipinski definition) is 2. The van der Waals surface area contributed by atoms with E-state index in [1.54, 1.807) is 0 Å². The fraction of sp³-hybridized carbons (Fsp3) is 0.200. The first-order chi connectivity index (χ1) is 8.42. The van der Waals surface area contributed by atoms with Crippen molar-refractivity contribution < 1.29 is 0 Å². The lowest BCUT2D eigenvalue weighted by molar-refractivity contribution is 0.503. The predicted octanol–water partition coefficient (Wildman–Crippen LogP) is 2.08. The molecule has 0 saturated carbocycles. The van der Waals surface area contributed by atoms with Gasteiger partial charge in [-0.3, -0.25) is 5.32 Å². The Bertz CT molecular complexity index is 431. The molecule has 0 spiro atoms. The molecule has 2 aromatic rings. The molecule has 2 nitrogen and oxygen atoms in total. The van der Waals surface area contributed by atoms with Gasteiger partial charge in [0.2, 0.25) is 0 Å². The van der Waals surface area contributed by atoms with E-state index in [0.717, 1.165) is 13.2 Å². The Hall–Kier alpha value is -1.64. The van der Waals surface area contributed by atoms with Crippen molar-refractivity contribution in [1.82, 2.24) is 10.6 Å². The zero-order chi connectivity index (χ0) is 11.6. The summed E-state index contributed by atoms with van der Waals surface area (Å²) in [6.07, 6.45) is 0. The maximum absolute atomic E-state index is 3.59. The van der Waals surface area contributed by atoms with Crippen LogP contribution in [0, 0.1) is 0 Å². The molecule has 1 aliphatic heterocycles. The molecule has 0 atom stereocenters. The van der Waals surface area contributed by atoms with Crippen LogP contribution in [-0.2, 0) is 5.54 Å². The summed E-state index contributed by atoms with van der Waals surface area (Å²) in [5, 5.41) is 6.99. The molecule has 86 valence electrons. The van der Waals surface area contributed by atoms with Gasteiger partial charge in [0.15, 0.2) is 0 Å². The molecule has 3 rings (SSSR count). The first kappa shape index (κ1) is 10.5. The Morgan fingerprint density at radius 2 is 1.29 bits per heavy atom. The molecule has 1 aliphatic rings. The molecule has 0 unspecified atom stereocenters. The van der Waals surface area contributed by atoms with E-state index in [9.17, 15) is 0 Å². The van der Waals surface area contributed by atoms with Gasteiger partial charge in [0.1, 0.15) is 0 Å². The number of benzene rings is 2. The second-order valence-electron chi connectivity index (χ2n) is 4.42. The Balaban J connectivity index is 2.11. The average molecular weight is 224 g/mol. The van der Waals surface area contributed by atoms with E-state index in [1.807, 2.05) is 0 Å². The third-order valence-electron chi connectivity index (χ3n) is 3.44. The first-order valence-corrected chi connectivity index (χ1v) is 5.99. The molecule has 0 aliphatic carbocycles. The minimum absolute atomic E-state index is 0.0808. The molecule has 1 heterocycles. The van der Waals surface area contributed by atoms with E-state index in [1.165, 1.54) is 11.1 Å². The summed E-state index contributed by atoms with van der Waals surface area (Å²) in [5.41, 5.74) is 2.55. The molecule has 1 saturated heterocycles. The molecule has 0 radical (unpaired) electrons. The molecular weight excluding hydrogens is 208 g/mol. The lowest BCUT2D eigenvalue weighted by Gasteiger charge is -2.30. The number of hydrogen-bond donors (Lipinski definition) is 2. The second kappa shape index (κ2) is 4.32. The Morgan fingerprint density at radius 3 is 1.71 bits per heavy atom. The molecule has 0 bridgehead atoms. The van der Waals surface area contributed by atoms with Gasteiger partial charge < -0.3 is 5.32 Å². The van der Waals surface area contributed by atoms with Crippen LogP contribution in [0.3, 0.4) is 0 Å². The topological polar surface area (TPSA) is 24.1 Å². The van der Waals surface area contributed by atoms with Crippen molar-refractivity contribution in [3.05, 3.63) is 71.8 Å². The van der Waals surface area contributed by atoms with Crippen LogP contribution >= 0.6 is 0 Å². The van der Waals surface area contributed by atoms with Crippen molar-refractivity contribution >= 4 is 0 Å². The lowest BCUT2D eigenvalue weighted by atomic mass is 9.84. The van der Waals surface area contributed by atoms with Crippen LogP contribution in [0.4, 0.5) is 0 Å². The minimum Gasteiger partial charge on any atom is -0.302 e. The normalized spacial score (nSPS) is 18.1. The maximum Gasteiger partial charge on any atom is 0.0827 e. The quantitative estimate of drug-likeness (QED) is 0.816. The van der Waals surface area contributed by atoms with Gasteiger partial charge in [0.25, 0.3) is 0 Å². The van der Waals surface area contributed by atoms with Crippen LogP contribution in [-0.4, -0.2) is 13.2 Å². The Kier molecular flexibility index (Phi) is 2.67. The van der Waals surface area contributed by atoms with Crippen molar-refractivity contribution in [3.8, 4) is 0 Å². The van der Waals surface area contributed by atoms with E-state index in [0.29, 0.717) is 0 Å². The summed E-state index contributed by atoms with van der Waals surface area (Å²) in [5.74, 6) is 0. The van der Waals surface area contributed by atoms with Gasteiger partial charge in [-0.05, 0) is 11.1 Å². The number of nitrogens with one attached hydrogen (secondary N) is 2. The van der Waals surface area contributed by atoms with Crippen molar-refractivity contribution in [1.29, 1.82) is 0 Å². The van der Waals surface area contributed by atoms with Crippen LogP contribution in [0.2, 0.25) is 0 Å². The molecule has 2 aromatic carbocycles. The van der Waals surface area contributed by atoms with Crippen molar-refractivity contribution in [3.63, 3.8) is 0 Å². The maximum atomic E-state index is 3.59. The molecular formula is C15H16N2. The second-order valence-corrected chi connectivity index (χ2v) is 4.42. The van der Waals surface area contributed by atoms with Crippen LogP contribution in [0.1, 0.15) is 11.1 Å². The molecule has 2 N–H and O–H groups in total. The van der Waals surface area contributed by atoms with Crippen molar-refractivity contribution in [2.45, 2.75) is 5.54 Å². The van der Waals surface area contributed by atoms with Gasteiger partial charge in [-0.15, -0.1) is 0 Å².